The summed E-state index contributed by atoms with van der Waals surface area (Å²) in [6.07, 6.45) is 4.30. The molecule has 1 aliphatic rings. The van der Waals surface area contributed by atoms with Gasteiger partial charge in [0.1, 0.15) is 0 Å². The second-order valence-corrected chi connectivity index (χ2v) is 5.58. The van der Waals surface area contributed by atoms with Crippen LogP contribution in [0.3, 0.4) is 0 Å². The molecular formula is C13H15N3O3S. The number of carbonyl (C=O) groups is 1. The van der Waals surface area contributed by atoms with Crippen LogP contribution >= 0.6 is 11.8 Å². The molecule has 0 aromatic carbocycles. The maximum absolute atomic E-state index is 11.9. The molecule has 0 radical (unpaired) electrons. The topological polar surface area (TPSA) is 72.4 Å². The highest BCUT2D eigenvalue weighted by molar-refractivity contribution is 7.99. The van der Waals surface area contributed by atoms with Crippen molar-refractivity contribution in [3.05, 3.63) is 18.4 Å². The van der Waals surface area contributed by atoms with Crippen LogP contribution in [0, 0.1) is 0 Å². The fourth-order valence-electron chi connectivity index (χ4n) is 2.12. The fourth-order valence-corrected chi connectivity index (χ4v) is 2.81. The summed E-state index contributed by atoms with van der Waals surface area (Å²) in [4.78, 5) is 13.8. The van der Waals surface area contributed by atoms with E-state index in [4.69, 9.17) is 8.83 Å². The smallest absolute Gasteiger partial charge is 0.284 e. The Bertz CT molecular complexity index is 561. The Hall–Kier alpha value is -1.76. The highest BCUT2D eigenvalue weighted by Crippen LogP contribution is 2.24. The molecular weight excluding hydrogens is 278 g/mol. The summed E-state index contributed by atoms with van der Waals surface area (Å²) in [5, 5.41) is 8.30. The molecule has 3 heterocycles. The molecule has 6 nitrogen and oxygen atoms in total. The van der Waals surface area contributed by atoms with Gasteiger partial charge >= 0.3 is 0 Å². The van der Waals surface area contributed by atoms with Gasteiger partial charge in [-0.05, 0) is 25.0 Å². The Labute approximate surface area is 120 Å². The van der Waals surface area contributed by atoms with Gasteiger partial charge in [0.2, 0.25) is 5.91 Å². The first kappa shape index (κ1) is 13.2. The van der Waals surface area contributed by atoms with E-state index in [-0.39, 0.29) is 5.91 Å². The van der Waals surface area contributed by atoms with Crippen LogP contribution in [0.5, 0.6) is 0 Å². The summed E-state index contributed by atoms with van der Waals surface area (Å²) in [6.45, 7) is 1.79. The van der Waals surface area contributed by atoms with Crippen molar-refractivity contribution in [3.8, 4) is 11.7 Å². The third kappa shape index (κ3) is 3.04. The Morgan fingerprint density at radius 2 is 2.20 bits per heavy atom. The van der Waals surface area contributed by atoms with E-state index >= 15 is 0 Å². The molecule has 2 aromatic rings. The monoisotopic (exact) mass is 293 g/mol. The molecule has 0 saturated carbocycles. The number of nitrogens with zero attached hydrogens (tertiary/aromatic N) is 3. The minimum atomic E-state index is 0.209. The van der Waals surface area contributed by atoms with Gasteiger partial charge in [-0.3, -0.25) is 4.79 Å². The molecule has 0 spiro atoms. The Balaban J connectivity index is 1.48. The quantitative estimate of drug-likeness (QED) is 0.788. The van der Waals surface area contributed by atoms with Crippen LogP contribution in [0.15, 0.2) is 32.5 Å². The number of thioether (sulfide) groups is 1. The molecule has 0 unspecified atom stereocenters. The molecule has 106 valence electrons. The molecule has 1 fully saturated rings. The number of likely N-dealkylation sites (tertiary alicyclic amines) is 1. The standard InChI is InChI=1S/C13H15N3O3S/c17-11(16-6-1-2-7-16)5-9-20-13-15-14-12(19-13)10-4-3-8-18-10/h3-4,8H,1-2,5-7,9H2. The molecule has 7 heteroatoms. The molecule has 3 rings (SSSR count). The number of carbonyl (C=O) groups excluding carboxylic acids is 1. The molecule has 2 aromatic heterocycles. The van der Waals surface area contributed by atoms with E-state index < -0.39 is 0 Å². The first-order valence-corrected chi connectivity index (χ1v) is 7.59. The number of rotatable bonds is 5. The van der Waals surface area contributed by atoms with Gasteiger partial charge in [-0.2, -0.15) is 0 Å². The summed E-state index contributed by atoms with van der Waals surface area (Å²) in [5.41, 5.74) is 0. The summed E-state index contributed by atoms with van der Waals surface area (Å²) < 4.78 is 10.6. The largest absolute Gasteiger partial charge is 0.459 e. The van der Waals surface area contributed by atoms with Crippen molar-refractivity contribution in [2.24, 2.45) is 0 Å². The summed E-state index contributed by atoms with van der Waals surface area (Å²) in [7, 11) is 0. The zero-order chi connectivity index (χ0) is 13.8. The van der Waals surface area contributed by atoms with Crippen molar-refractivity contribution in [2.75, 3.05) is 18.8 Å². The van der Waals surface area contributed by atoms with Gasteiger partial charge < -0.3 is 13.7 Å². The maximum Gasteiger partial charge on any atom is 0.284 e. The highest BCUT2D eigenvalue weighted by Gasteiger charge is 2.18. The fraction of sp³-hybridized carbons (Fsp3) is 0.462. The van der Waals surface area contributed by atoms with Crippen molar-refractivity contribution >= 4 is 17.7 Å². The van der Waals surface area contributed by atoms with Gasteiger partial charge in [0.25, 0.3) is 11.1 Å². The molecule has 20 heavy (non-hydrogen) atoms. The van der Waals surface area contributed by atoms with Gasteiger partial charge in [-0.1, -0.05) is 11.8 Å². The van der Waals surface area contributed by atoms with Crippen LogP contribution in [-0.2, 0) is 4.79 Å². The number of aromatic nitrogens is 2. The summed E-state index contributed by atoms with van der Waals surface area (Å²) in [6, 6.07) is 3.53. The first-order chi connectivity index (χ1) is 9.83. The van der Waals surface area contributed by atoms with E-state index in [9.17, 15) is 4.79 Å². The predicted octanol–water partition coefficient (Wildman–Crippen LogP) is 2.43. The van der Waals surface area contributed by atoms with Gasteiger partial charge in [0.05, 0.1) is 6.26 Å². The Morgan fingerprint density at radius 1 is 1.35 bits per heavy atom. The average Bonchev–Trinajstić information content (AvgIpc) is 3.20. The molecule has 1 amide bonds. The first-order valence-electron chi connectivity index (χ1n) is 6.61. The minimum Gasteiger partial charge on any atom is -0.459 e. The van der Waals surface area contributed by atoms with Crippen molar-refractivity contribution in [1.82, 2.24) is 15.1 Å². The molecule has 0 N–H and O–H groups in total. The van der Waals surface area contributed by atoms with Crippen LogP contribution < -0.4 is 0 Å². The van der Waals surface area contributed by atoms with Crippen molar-refractivity contribution in [3.63, 3.8) is 0 Å². The molecule has 1 saturated heterocycles. The van der Waals surface area contributed by atoms with Crippen molar-refractivity contribution in [2.45, 2.75) is 24.5 Å². The van der Waals surface area contributed by atoms with Crippen molar-refractivity contribution in [1.29, 1.82) is 0 Å². The minimum absolute atomic E-state index is 0.209. The zero-order valence-electron chi connectivity index (χ0n) is 10.9. The number of hydrogen-bond donors (Lipinski definition) is 0. The van der Waals surface area contributed by atoms with E-state index in [1.54, 1.807) is 18.4 Å². The zero-order valence-corrected chi connectivity index (χ0v) is 11.8. The predicted molar refractivity (Wildman–Crippen MR) is 73.2 cm³/mol. The Kier molecular flexibility index (Phi) is 4.05. The van der Waals surface area contributed by atoms with E-state index in [0.29, 0.717) is 29.0 Å². The van der Waals surface area contributed by atoms with Gasteiger partial charge in [0.15, 0.2) is 5.76 Å². The summed E-state index contributed by atoms with van der Waals surface area (Å²) >= 11 is 1.40. The average molecular weight is 293 g/mol. The molecule has 0 aliphatic carbocycles. The normalized spacial score (nSPS) is 14.9. The molecule has 1 aliphatic heterocycles. The SMILES string of the molecule is O=C(CCSc1nnc(-c2ccco2)o1)N1CCCC1. The van der Waals surface area contributed by atoms with Crippen LogP contribution in [0.1, 0.15) is 19.3 Å². The lowest BCUT2D eigenvalue weighted by molar-refractivity contribution is -0.129. The van der Waals surface area contributed by atoms with Crippen LogP contribution in [0.4, 0.5) is 0 Å². The Morgan fingerprint density at radius 3 is 2.95 bits per heavy atom. The second kappa shape index (κ2) is 6.13. The van der Waals surface area contributed by atoms with Crippen LogP contribution in [-0.4, -0.2) is 39.8 Å². The van der Waals surface area contributed by atoms with E-state index in [1.807, 2.05) is 4.90 Å². The maximum atomic E-state index is 11.9. The number of furan rings is 1. The van der Waals surface area contributed by atoms with E-state index in [1.165, 1.54) is 11.8 Å². The highest BCUT2D eigenvalue weighted by atomic mass is 32.2. The molecule has 0 bridgehead atoms. The third-order valence-corrected chi connectivity index (χ3v) is 3.96. The van der Waals surface area contributed by atoms with Crippen molar-refractivity contribution < 1.29 is 13.6 Å². The van der Waals surface area contributed by atoms with E-state index in [2.05, 4.69) is 10.2 Å². The van der Waals surface area contributed by atoms with Gasteiger partial charge in [0, 0.05) is 25.3 Å². The van der Waals surface area contributed by atoms with Crippen LogP contribution in [0.25, 0.3) is 11.7 Å². The summed E-state index contributed by atoms with van der Waals surface area (Å²) in [5.74, 6) is 1.77. The van der Waals surface area contributed by atoms with Gasteiger partial charge in [-0.25, -0.2) is 0 Å². The molecule has 0 atom stereocenters. The lowest BCUT2D eigenvalue weighted by atomic mass is 10.4. The van der Waals surface area contributed by atoms with E-state index in [0.717, 1.165) is 25.9 Å². The lowest BCUT2D eigenvalue weighted by Gasteiger charge is -2.14. The van der Waals surface area contributed by atoms with Gasteiger partial charge in [-0.15, -0.1) is 10.2 Å². The second-order valence-electron chi connectivity index (χ2n) is 4.54. The van der Waals surface area contributed by atoms with Crippen LogP contribution in [0.2, 0.25) is 0 Å². The third-order valence-electron chi connectivity index (χ3n) is 3.14. The number of amides is 1. The lowest BCUT2D eigenvalue weighted by Crippen LogP contribution is -2.27. The number of hydrogen-bond acceptors (Lipinski definition) is 6.